The second-order valence-electron chi connectivity index (χ2n) is 8.44. The standard InChI is InChI=1S/C20H23BrN4O3/c1-19(2,3)28-18(27)25-9-6-14-13(11-25)16(26)24-17(23-14)20(7-8-20)12-4-5-15(21)22-10-12/h4-5,10H,6-9,11H2,1-3H3,(H,23,24,26). The molecule has 0 bridgehead atoms. The summed E-state index contributed by atoms with van der Waals surface area (Å²) < 4.78 is 6.21. The fourth-order valence-electron chi connectivity index (χ4n) is 3.58. The molecule has 1 aliphatic carbocycles. The van der Waals surface area contributed by atoms with Crippen LogP contribution in [0.15, 0.2) is 27.7 Å². The number of aromatic nitrogens is 3. The zero-order chi connectivity index (χ0) is 20.1. The van der Waals surface area contributed by atoms with Gasteiger partial charge >= 0.3 is 6.09 Å². The highest BCUT2D eigenvalue weighted by Gasteiger charge is 2.49. The van der Waals surface area contributed by atoms with Gasteiger partial charge in [0, 0.05) is 19.2 Å². The number of rotatable bonds is 2. The summed E-state index contributed by atoms with van der Waals surface area (Å²) in [5, 5.41) is 0. The smallest absolute Gasteiger partial charge is 0.410 e. The Kier molecular flexibility index (Phi) is 4.56. The van der Waals surface area contributed by atoms with Gasteiger partial charge in [0.1, 0.15) is 16.0 Å². The summed E-state index contributed by atoms with van der Waals surface area (Å²) in [6.07, 6.45) is 3.84. The molecule has 0 aromatic carbocycles. The van der Waals surface area contributed by atoms with Crippen molar-refractivity contribution in [2.24, 2.45) is 0 Å². The lowest BCUT2D eigenvalue weighted by atomic mass is 9.96. The molecule has 0 spiro atoms. The molecule has 1 aliphatic heterocycles. The maximum absolute atomic E-state index is 12.8. The van der Waals surface area contributed by atoms with E-state index in [0.29, 0.717) is 24.4 Å². The first-order valence-electron chi connectivity index (χ1n) is 9.40. The highest BCUT2D eigenvalue weighted by molar-refractivity contribution is 9.10. The van der Waals surface area contributed by atoms with Gasteiger partial charge in [-0.15, -0.1) is 0 Å². The fraction of sp³-hybridized carbons (Fsp3) is 0.500. The number of hydrogen-bond acceptors (Lipinski definition) is 5. The molecule has 4 rings (SSSR count). The number of ether oxygens (including phenoxy) is 1. The Labute approximate surface area is 171 Å². The van der Waals surface area contributed by atoms with Crippen molar-refractivity contribution in [1.82, 2.24) is 19.9 Å². The minimum Gasteiger partial charge on any atom is -0.444 e. The summed E-state index contributed by atoms with van der Waals surface area (Å²) in [6.45, 7) is 6.20. The van der Waals surface area contributed by atoms with Gasteiger partial charge in [-0.1, -0.05) is 6.07 Å². The Hall–Kier alpha value is -2.22. The molecule has 1 N–H and O–H groups in total. The summed E-state index contributed by atoms with van der Waals surface area (Å²) in [7, 11) is 0. The van der Waals surface area contributed by atoms with Crippen LogP contribution in [0.2, 0.25) is 0 Å². The van der Waals surface area contributed by atoms with Crippen molar-refractivity contribution in [2.75, 3.05) is 6.54 Å². The number of nitrogens with zero attached hydrogens (tertiary/aromatic N) is 3. The Morgan fingerprint density at radius 1 is 1.32 bits per heavy atom. The Morgan fingerprint density at radius 2 is 2.07 bits per heavy atom. The van der Waals surface area contributed by atoms with E-state index in [0.717, 1.165) is 28.7 Å². The second kappa shape index (κ2) is 6.69. The molecule has 0 atom stereocenters. The average Bonchev–Trinajstić information content (AvgIpc) is 3.42. The number of amides is 1. The van der Waals surface area contributed by atoms with Gasteiger partial charge in [-0.05, 0) is 61.2 Å². The Balaban J connectivity index is 1.61. The van der Waals surface area contributed by atoms with E-state index in [4.69, 9.17) is 9.72 Å². The van der Waals surface area contributed by atoms with Crippen LogP contribution in [-0.4, -0.2) is 38.1 Å². The van der Waals surface area contributed by atoms with Gasteiger partial charge in [0.25, 0.3) is 5.56 Å². The normalized spacial score (nSPS) is 17.8. The van der Waals surface area contributed by atoms with Crippen molar-refractivity contribution in [3.05, 3.63) is 55.9 Å². The summed E-state index contributed by atoms with van der Waals surface area (Å²) >= 11 is 3.36. The number of halogens is 1. The van der Waals surface area contributed by atoms with Gasteiger partial charge in [-0.3, -0.25) is 4.79 Å². The van der Waals surface area contributed by atoms with Gasteiger partial charge in [0.2, 0.25) is 0 Å². The summed E-state index contributed by atoms with van der Waals surface area (Å²) in [5.74, 6) is 0.700. The van der Waals surface area contributed by atoms with E-state index in [1.165, 1.54) is 0 Å². The van der Waals surface area contributed by atoms with Crippen LogP contribution in [0.1, 0.15) is 56.3 Å². The number of hydrogen-bond donors (Lipinski definition) is 1. The molecule has 0 saturated heterocycles. The molecule has 1 fully saturated rings. The lowest BCUT2D eigenvalue weighted by molar-refractivity contribution is 0.0221. The minimum atomic E-state index is -0.567. The zero-order valence-corrected chi connectivity index (χ0v) is 17.8. The van der Waals surface area contributed by atoms with Gasteiger partial charge in [-0.2, -0.15) is 0 Å². The molecule has 2 aliphatic rings. The molecule has 1 saturated carbocycles. The van der Waals surface area contributed by atoms with Crippen LogP contribution in [0.3, 0.4) is 0 Å². The lowest BCUT2D eigenvalue weighted by Crippen LogP contribution is -2.42. The molecule has 0 radical (unpaired) electrons. The number of carbonyl (C=O) groups excluding carboxylic acids is 1. The predicted octanol–water partition coefficient (Wildman–Crippen LogP) is 3.30. The van der Waals surface area contributed by atoms with Crippen LogP contribution in [0.4, 0.5) is 4.79 Å². The van der Waals surface area contributed by atoms with Crippen LogP contribution in [0.25, 0.3) is 0 Å². The molecule has 3 heterocycles. The van der Waals surface area contributed by atoms with Gasteiger partial charge in [0.15, 0.2) is 0 Å². The lowest BCUT2D eigenvalue weighted by Gasteiger charge is -2.30. The van der Waals surface area contributed by atoms with E-state index in [1.54, 1.807) is 4.90 Å². The fourth-order valence-corrected chi connectivity index (χ4v) is 3.81. The SMILES string of the molecule is CC(C)(C)OC(=O)N1CCc2nc(C3(c4ccc(Br)nc4)CC3)[nH]c(=O)c2C1. The van der Waals surface area contributed by atoms with Gasteiger partial charge < -0.3 is 14.6 Å². The second-order valence-corrected chi connectivity index (χ2v) is 9.26. The molecular formula is C20H23BrN4O3. The van der Waals surface area contributed by atoms with E-state index in [1.807, 2.05) is 39.1 Å². The number of carbonyl (C=O) groups is 1. The van der Waals surface area contributed by atoms with Crippen molar-refractivity contribution in [3.8, 4) is 0 Å². The molecule has 148 valence electrons. The third-order valence-electron chi connectivity index (χ3n) is 5.20. The number of nitrogens with one attached hydrogen (secondary N) is 1. The van der Waals surface area contributed by atoms with E-state index >= 15 is 0 Å². The molecule has 1 amide bonds. The first-order chi connectivity index (χ1) is 13.2. The minimum absolute atomic E-state index is 0.176. The maximum atomic E-state index is 12.8. The monoisotopic (exact) mass is 446 g/mol. The zero-order valence-electron chi connectivity index (χ0n) is 16.2. The largest absolute Gasteiger partial charge is 0.444 e. The van der Waals surface area contributed by atoms with Crippen LogP contribution < -0.4 is 5.56 Å². The summed E-state index contributed by atoms with van der Waals surface area (Å²) in [5.41, 5.74) is 1.38. The van der Waals surface area contributed by atoms with Gasteiger partial charge in [-0.25, -0.2) is 14.8 Å². The molecule has 0 unspecified atom stereocenters. The van der Waals surface area contributed by atoms with Crippen molar-refractivity contribution in [2.45, 2.75) is 57.6 Å². The molecule has 2 aromatic heterocycles. The van der Waals surface area contributed by atoms with Crippen LogP contribution in [0.5, 0.6) is 0 Å². The van der Waals surface area contributed by atoms with Crippen molar-refractivity contribution in [3.63, 3.8) is 0 Å². The highest BCUT2D eigenvalue weighted by Crippen LogP contribution is 2.51. The quantitative estimate of drug-likeness (QED) is 0.714. The number of pyridine rings is 1. The van der Waals surface area contributed by atoms with E-state index < -0.39 is 11.7 Å². The first-order valence-corrected chi connectivity index (χ1v) is 10.2. The number of aromatic amines is 1. The first kappa shape index (κ1) is 19.1. The van der Waals surface area contributed by atoms with Crippen LogP contribution in [-0.2, 0) is 23.1 Å². The van der Waals surface area contributed by atoms with E-state index in [9.17, 15) is 9.59 Å². The third-order valence-corrected chi connectivity index (χ3v) is 5.67. The predicted molar refractivity (Wildman–Crippen MR) is 107 cm³/mol. The van der Waals surface area contributed by atoms with E-state index in [2.05, 4.69) is 25.9 Å². The molecule has 7 nitrogen and oxygen atoms in total. The van der Waals surface area contributed by atoms with Crippen molar-refractivity contribution < 1.29 is 9.53 Å². The number of H-pyrrole nitrogens is 1. The van der Waals surface area contributed by atoms with Crippen molar-refractivity contribution >= 4 is 22.0 Å². The van der Waals surface area contributed by atoms with Crippen LogP contribution >= 0.6 is 15.9 Å². The average molecular weight is 447 g/mol. The molecule has 2 aromatic rings. The van der Waals surface area contributed by atoms with E-state index in [-0.39, 0.29) is 17.5 Å². The Bertz CT molecular complexity index is 974. The Morgan fingerprint density at radius 3 is 2.68 bits per heavy atom. The summed E-state index contributed by atoms with van der Waals surface area (Å²) in [4.78, 5) is 38.8. The van der Waals surface area contributed by atoms with Crippen LogP contribution in [0, 0.1) is 0 Å². The van der Waals surface area contributed by atoms with Crippen molar-refractivity contribution in [1.29, 1.82) is 0 Å². The highest BCUT2D eigenvalue weighted by atomic mass is 79.9. The van der Waals surface area contributed by atoms with Gasteiger partial charge in [0.05, 0.1) is 23.2 Å². The maximum Gasteiger partial charge on any atom is 0.410 e. The number of fused-ring (bicyclic) bond motifs is 1. The molecule has 8 heteroatoms. The topological polar surface area (TPSA) is 88.2 Å². The third kappa shape index (κ3) is 3.57. The molecular weight excluding hydrogens is 424 g/mol. The summed E-state index contributed by atoms with van der Waals surface area (Å²) in [6, 6.07) is 3.93. The molecule has 28 heavy (non-hydrogen) atoms.